The molecular weight excluding hydrogens is 345 g/mol. The van der Waals surface area contributed by atoms with Crippen LogP contribution in [-0.2, 0) is 11.3 Å². The first kappa shape index (κ1) is 18.2. The Balaban J connectivity index is 1.45. The summed E-state index contributed by atoms with van der Waals surface area (Å²) in [7, 11) is 0. The molecule has 1 aliphatic heterocycles. The van der Waals surface area contributed by atoms with Crippen LogP contribution in [0, 0.1) is 11.7 Å². The van der Waals surface area contributed by atoms with Crippen molar-refractivity contribution in [3.05, 3.63) is 41.8 Å². The fourth-order valence-electron chi connectivity index (χ4n) is 4.28. The first-order chi connectivity index (χ1) is 13.1. The van der Waals surface area contributed by atoms with E-state index < -0.39 is 0 Å². The maximum Gasteiger partial charge on any atom is 0.237 e. The van der Waals surface area contributed by atoms with Crippen molar-refractivity contribution < 1.29 is 13.7 Å². The van der Waals surface area contributed by atoms with E-state index in [9.17, 15) is 9.18 Å². The molecule has 5 nitrogen and oxygen atoms in total. The van der Waals surface area contributed by atoms with E-state index in [0.717, 1.165) is 17.8 Å². The van der Waals surface area contributed by atoms with Crippen molar-refractivity contribution in [2.45, 2.75) is 57.7 Å². The molecule has 6 heteroatoms. The summed E-state index contributed by atoms with van der Waals surface area (Å²) < 4.78 is 18.5. The summed E-state index contributed by atoms with van der Waals surface area (Å²) in [5.74, 6) is 1.01. The van der Waals surface area contributed by atoms with Gasteiger partial charge in [0, 0.05) is 30.8 Å². The molecule has 1 saturated carbocycles. The predicted octanol–water partition coefficient (Wildman–Crippen LogP) is 3.75. The number of hydrogen-bond donors (Lipinski definition) is 1. The highest BCUT2D eigenvalue weighted by Gasteiger charge is 2.36. The molecule has 1 saturated heterocycles. The highest BCUT2D eigenvalue weighted by molar-refractivity contribution is 5.82. The minimum absolute atomic E-state index is 0.0964. The Morgan fingerprint density at radius 3 is 2.70 bits per heavy atom. The number of hydrogen-bond acceptors (Lipinski definition) is 4. The maximum absolute atomic E-state index is 13.1. The van der Waals surface area contributed by atoms with E-state index in [2.05, 4.69) is 15.4 Å². The fraction of sp³-hybridized carbons (Fsp3) is 0.524. The number of rotatable bonds is 4. The Hall–Kier alpha value is -2.21. The van der Waals surface area contributed by atoms with Crippen molar-refractivity contribution >= 4 is 5.91 Å². The van der Waals surface area contributed by atoms with Gasteiger partial charge in [0.15, 0.2) is 5.76 Å². The van der Waals surface area contributed by atoms with Crippen molar-refractivity contribution in [2.75, 3.05) is 6.54 Å². The summed E-state index contributed by atoms with van der Waals surface area (Å²) in [4.78, 5) is 14.7. The number of piperazine rings is 1. The van der Waals surface area contributed by atoms with E-state index in [0.29, 0.717) is 18.2 Å². The summed E-state index contributed by atoms with van der Waals surface area (Å²) in [6.45, 7) is 3.35. The lowest BCUT2D eigenvalue weighted by Gasteiger charge is -2.41. The maximum atomic E-state index is 13.1. The van der Waals surface area contributed by atoms with Crippen molar-refractivity contribution in [3.8, 4) is 11.3 Å². The first-order valence-electron chi connectivity index (χ1n) is 9.86. The zero-order chi connectivity index (χ0) is 18.8. The van der Waals surface area contributed by atoms with Gasteiger partial charge in [-0.05, 0) is 49.9 Å². The second-order valence-corrected chi connectivity index (χ2v) is 7.81. The van der Waals surface area contributed by atoms with E-state index in [1.807, 2.05) is 13.0 Å². The van der Waals surface area contributed by atoms with Crippen molar-refractivity contribution in [1.29, 1.82) is 0 Å². The van der Waals surface area contributed by atoms with Gasteiger partial charge in [0.05, 0.1) is 11.7 Å². The SMILES string of the molecule is CC1C(=O)NC(C2CCCCC2)CN1Cc1cc(-c2ccc(F)cc2)on1. The molecule has 2 unspecified atom stereocenters. The van der Waals surface area contributed by atoms with Crippen molar-refractivity contribution in [2.24, 2.45) is 5.92 Å². The van der Waals surface area contributed by atoms with Gasteiger partial charge in [-0.15, -0.1) is 0 Å². The van der Waals surface area contributed by atoms with Gasteiger partial charge in [0.2, 0.25) is 5.91 Å². The van der Waals surface area contributed by atoms with Crippen LogP contribution in [0.3, 0.4) is 0 Å². The first-order valence-corrected chi connectivity index (χ1v) is 9.86. The molecule has 1 aliphatic carbocycles. The third-order valence-corrected chi connectivity index (χ3v) is 5.96. The molecule has 0 radical (unpaired) electrons. The van der Waals surface area contributed by atoms with Crippen molar-refractivity contribution in [3.63, 3.8) is 0 Å². The van der Waals surface area contributed by atoms with Crippen LogP contribution in [0.2, 0.25) is 0 Å². The second-order valence-electron chi connectivity index (χ2n) is 7.81. The van der Waals surface area contributed by atoms with Crippen LogP contribution in [0.5, 0.6) is 0 Å². The summed E-state index contributed by atoms with van der Waals surface area (Å²) in [6, 6.07) is 8.08. The molecule has 4 rings (SSSR count). The zero-order valence-corrected chi connectivity index (χ0v) is 15.7. The van der Waals surface area contributed by atoms with Crippen LogP contribution >= 0.6 is 0 Å². The average Bonchev–Trinajstić information content (AvgIpc) is 3.15. The van der Waals surface area contributed by atoms with Crippen molar-refractivity contribution in [1.82, 2.24) is 15.4 Å². The third kappa shape index (κ3) is 4.05. The lowest BCUT2D eigenvalue weighted by molar-refractivity contribution is -0.131. The predicted molar refractivity (Wildman–Crippen MR) is 100 cm³/mol. The van der Waals surface area contributed by atoms with Crippen LogP contribution < -0.4 is 5.32 Å². The number of halogens is 1. The molecule has 1 amide bonds. The Labute approximate surface area is 158 Å². The number of carbonyl (C=O) groups is 1. The highest BCUT2D eigenvalue weighted by Crippen LogP contribution is 2.29. The minimum Gasteiger partial charge on any atom is -0.356 e. The molecule has 1 aromatic carbocycles. The summed E-state index contributed by atoms with van der Waals surface area (Å²) in [5, 5.41) is 7.39. The van der Waals surface area contributed by atoms with E-state index in [4.69, 9.17) is 4.52 Å². The highest BCUT2D eigenvalue weighted by atomic mass is 19.1. The number of aromatic nitrogens is 1. The van der Waals surface area contributed by atoms with Crippen LogP contribution in [0.4, 0.5) is 4.39 Å². The average molecular weight is 371 g/mol. The number of nitrogens with zero attached hydrogens (tertiary/aromatic N) is 2. The van der Waals surface area contributed by atoms with E-state index in [1.165, 1.54) is 44.2 Å². The van der Waals surface area contributed by atoms with Gasteiger partial charge in [-0.3, -0.25) is 9.69 Å². The van der Waals surface area contributed by atoms with Gasteiger partial charge in [0.25, 0.3) is 0 Å². The summed E-state index contributed by atoms with van der Waals surface area (Å²) in [6.07, 6.45) is 6.23. The third-order valence-electron chi connectivity index (χ3n) is 5.96. The standard InChI is InChI=1S/C21H26FN3O2/c1-14-21(26)23-19(15-5-3-2-4-6-15)13-25(14)12-18-11-20(27-24-18)16-7-9-17(22)10-8-16/h7-11,14-15,19H,2-6,12-13H2,1H3,(H,23,26). The van der Waals surface area contributed by atoms with E-state index >= 15 is 0 Å². The molecule has 2 heterocycles. The minimum atomic E-state index is -0.277. The largest absolute Gasteiger partial charge is 0.356 e. The molecule has 2 fully saturated rings. The van der Waals surface area contributed by atoms with Gasteiger partial charge < -0.3 is 9.84 Å². The molecule has 2 atom stereocenters. The quantitative estimate of drug-likeness (QED) is 0.889. The van der Waals surface area contributed by atoms with Gasteiger partial charge in [-0.1, -0.05) is 24.4 Å². The van der Waals surface area contributed by atoms with Gasteiger partial charge in [-0.2, -0.15) is 0 Å². The molecule has 1 N–H and O–H groups in total. The fourth-order valence-corrected chi connectivity index (χ4v) is 4.28. The number of nitrogens with one attached hydrogen (secondary N) is 1. The number of amides is 1. The molecule has 27 heavy (non-hydrogen) atoms. The summed E-state index contributed by atoms with van der Waals surface area (Å²) >= 11 is 0. The molecule has 2 aliphatic rings. The Kier molecular flexibility index (Phi) is 5.25. The number of benzene rings is 1. The number of carbonyl (C=O) groups excluding carboxylic acids is 1. The van der Waals surface area contributed by atoms with E-state index in [1.54, 1.807) is 12.1 Å². The van der Waals surface area contributed by atoms with Gasteiger partial charge in [-0.25, -0.2) is 4.39 Å². The van der Waals surface area contributed by atoms with Crippen LogP contribution in [-0.4, -0.2) is 34.6 Å². The lowest BCUT2D eigenvalue weighted by Crippen LogP contribution is -2.60. The molecule has 1 aromatic heterocycles. The second kappa shape index (κ2) is 7.80. The van der Waals surface area contributed by atoms with Crippen LogP contribution in [0.1, 0.15) is 44.7 Å². The molecule has 0 spiro atoms. The molecule has 2 aromatic rings. The normalized spacial score (nSPS) is 24.7. The molecule has 144 valence electrons. The van der Waals surface area contributed by atoms with Gasteiger partial charge >= 0.3 is 0 Å². The smallest absolute Gasteiger partial charge is 0.237 e. The lowest BCUT2D eigenvalue weighted by atomic mass is 9.82. The molecule has 0 bridgehead atoms. The Bertz CT molecular complexity index is 783. The Morgan fingerprint density at radius 1 is 1.22 bits per heavy atom. The van der Waals surface area contributed by atoms with Crippen LogP contribution in [0.25, 0.3) is 11.3 Å². The van der Waals surface area contributed by atoms with E-state index in [-0.39, 0.29) is 23.8 Å². The monoisotopic (exact) mass is 371 g/mol. The van der Waals surface area contributed by atoms with Crippen LogP contribution in [0.15, 0.2) is 34.9 Å². The topological polar surface area (TPSA) is 58.4 Å². The van der Waals surface area contributed by atoms with Gasteiger partial charge in [0.1, 0.15) is 5.82 Å². The molecular formula is C21H26FN3O2. The Morgan fingerprint density at radius 2 is 1.96 bits per heavy atom. The zero-order valence-electron chi connectivity index (χ0n) is 15.7. The summed E-state index contributed by atoms with van der Waals surface area (Å²) in [5.41, 5.74) is 1.58.